The standard InChI is InChI=1S/C17H19N5O2S/c18-7-10-2-1-5-22(8-10)17-20-13-3-4-19-15(14(13)25-17)21-16(24)12-6-11(12)9-23/h3-4,10-12,23H,1-2,5-6,8-9H2,(H,19,21,24). The predicted octanol–water partition coefficient (Wildman–Crippen LogP) is 2.00. The number of aromatic nitrogens is 2. The molecule has 130 valence electrons. The number of rotatable bonds is 4. The van der Waals surface area contributed by atoms with E-state index in [4.69, 9.17) is 10.4 Å². The maximum Gasteiger partial charge on any atom is 0.229 e. The number of nitrogens with one attached hydrogen (secondary N) is 1. The third-order valence-corrected chi connectivity index (χ3v) is 6.04. The van der Waals surface area contributed by atoms with E-state index in [-0.39, 0.29) is 30.3 Å². The summed E-state index contributed by atoms with van der Waals surface area (Å²) in [5.41, 5.74) is 0.805. The van der Waals surface area contributed by atoms with Crippen LogP contribution in [0.25, 0.3) is 10.2 Å². The summed E-state index contributed by atoms with van der Waals surface area (Å²) in [6.07, 6.45) is 4.30. The van der Waals surface area contributed by atoms with Crippen molar-refractivity contribution in [1.29, 1.82) is 5.26 Å². The quantitative estimate of drug-likeness (QED) is 0.868. The maximum absolute atomic E-state index is 12.3. The minimum absolute atomic E-state index is 0.0448. The van der Waals surface area contributed by atoms with Crippen LogP contribution in [0.3, 0.4) is 0 Å². The number of nitriles is 1. The van der Waals surface area contributed by atoms with E-state index in [2.05, 4.69) is 26.3 Å². The van der Waals surface area contributed by atoms with E-state index in [0.29, 0.717) is 12.4 Å². The van der Waals surface area contributed by atoms with Crippen LogP contribution in [0, 0.1) is 29.1 Å². The molecule has 2 aromatic rings. The summed E-state index contributed by atoms with van der Waals surface area (Å²) >= 11 is 1.50. The lowest BCUT2D eigenvalue weighted by Crippen LogP contribution is -2.34. The van der Waals surface area contributed by atoms with Gasteiger partial charge in [-0.1, -0.05) is 11.3 Å². The van der Waals surface area contributed by atoms with Gasteiger partial charge in [-0.05, 0) is 31.2 Å². The van der Waals surface area contributed by atoms with Gasteiger partial charge in [0.15, 0.2) is 10.9 Å². The number of thiazole rings is 1. The van der Waals surface area contributed by atoms with Crippen LogP contribution in [0.5, 0.6) is 0 Å². The maximum atomic E-state index is 12.3. The Morgan fingerprint density at radius 3 is 3.20 bits per heavy atom. The van der Waals surface area contributed by atoms with Crippen molar-refractivity contribution in [2.24, 2.45) is 17.8 Å². The zero-order chi connectivity index (χ0) is 17.4. The molecule has 3 heterocycles. The Kier molecular flexibility index (Phi) is 4.27. The lowest BCUT2D eigenvalue weighted by atomic mass is 10.0. The lowest BCUT2D eigenvalue weighted by molar-refractivity contribution is -0.117. The Bertz CT molecular complexity index is 845. The van der Waals surface area contributed by atoms with Crippen molar-refractivity contribution >= 4 is 38.4 Å². The van der Waals surface area contributed by atoms with Crippen molar-refractivity contribution < 1.29 is 9.90 Å². The van der Waals surface area contributed by atoms with E-state index in [0.717, 1.165) is 41.2 Å². The third kappa shape index (κ3) is 3.17. The Morgan fingerprint density at radius 2 is 2.44 bits per heavy atom. The van der Waals surface area contributed by atoms with Crippen molar-refractivity contribution in [3.63, 3.8) is 0 Å². The zero-order valence-corrected chi connectivity index (χ0v) is 14.5. The van der Waals surface area contributed by atoms with Crippen molar-refractivity contribution in [2.75, 3.05) is 29.9 Å². The summed E-state index contributed by atoms with van der Waals surface area (Å²) in [5.74, 6) is 0.448. The molecule has 8 heteroatoms. The Hall–Kier alpha value is -2.24. The number of pyridine rings is 1. The van der Waals surface area contributed by atoms with Gasteiger partial charge in [0.1, 0.15) is 0 Å². The summed E-state index contributed by atoms with van der Waals surface area (Å²) in [7, 11) is 0. The van der Waals surface area contributed by atoms with E-state index in [1.54, 1.807) is 6.20 Å². The number of hydrogen-bond acceptors (Lipinski definition) is 7. The summed E-state index contributed by atoms with van der Waals surface area (Å²) in [4.78, 5) is 23.4. The normalized spacial score (nSPS) is 25.6. The Morgan fingerprint density at radius 1 is 1.56 bits per heavy atom. The SMILES string of the molecule is N#CC1CCCN(c2nc3ccnc(NC(=O)C4CC4CO)c3s2)C1. The highest BCUT2D eigenvalue weighted by Gasteiger charge is 2.42. The summed E-state index contributed by atoms with van der Waals surface area (Å²) < 4.78 is 0.853. The fourth-order valence-electron chi connectivity index (χ4n) is 3.30. The van der Waals surface area contributed by atoms with E-state index in [1.165, 1.54) is 11.3 Å². The molecule has 0 radical (unpaired) electrons. The molecule has 0 aromatic carbocycles. The van der Waals surface area contributed by atoms with Gasteiger partial charge in [-0.2, -0.15) is 5.26 Å². The van der Waals surface area contributed by atoms with Crippen LogP contribution in [0.4, 0.5) is 10.9 Å². The zero-order valence-electron chi connectivity index (χ0n) is 13.7. The second-order valence-electron chi connectivity index (χ2n) is 6.69. The van der Waals surface area contributed by atoms with Crippen molar-refractivity contribution in [3.8, 4) is 6.07 Å². The number of piperidine rings is 1. The number of anilines is 2. The van der Waals surface area contributed by atoms with Gasteiger partial charge in [0.2, 0.25) is 5.91 Å². The molecule has 1 saturated carbocycles. The molecule has 25 heavy (non-hydrogen) atoms. The summed E-state index contributed by atoms with van der Waals surface area (Å²) in [6.45, 7) is 1.65. The first-order valence-electron chi connectivity index (χ1n) is 8.51. The van der Waals surface area contributed by atoms with Crippen LogP contribution in [0.2, 0.25) is 0 Å². The smallest absolute Gasteiger partial charge is 0.229 e. The monoisotopic (exact) mass is 357 g/mol. The molecule has 2 N–H and O–H groups in total. The second-order valence-corrected chi connectivity index (χ2v) is 7.67. The van der Waals surface area contributed by atoms with Gasteiger partial charge in [0.05, 0.1) is 22.2 Å². The van der Waals surface area contributed by atoms with Crippen LogP contribution in [-0.4, -0.2) is 40.7 Å². The van der Waals surface area contributed by atoms with Gasteiger partial charge in [0.25, 0.3) is 0 Å². The van der Waals surface area contributed by atoms with Crippen molar-refractivity contribution in [1.82, 2.24) is 9.97 Å². The Balaban J connectivity index is 1.56. The number of fused-ring (bicyclic) bond motifs is 1. The fraction of sp³-hybridized carbons (Fsp3) is 0.529. The molecule has 7 nitrogen and oxygen atoms in total. The van der Waals surface area contributed by atoms with Crippen LogP contribution in [0.1, 0.15) is 19.3 Å². The number of aliphatic hydroxyl groups excluding tert-OH is 1. The number of carbonyl (C=O) groups is 1. The molecule has 1 aliphatic carbocycles. The first-order chi connectivity index (χ1) is 12.2. The van der Waals surface area contributed by atoms with Gasteiger partial charge < -0.3 is 15.3 Å². The minimum Gasteiger partial charge on any atom is -0.396 e. The third-order valence-electron chi connectivity index (χ3n) is 4.90. The van der Waals surface area contributed by atoms with Crippen LogP contribution in [0.15, 0.2) is 12.3 Å². The number of hydrogen-bond donors (Lipinski definition) is 2. The highest BCUT2D eigenvalue weighted by atomic mass is 32.1. The van der Waals surface area contributed by atoms with Gasteiger partial charge in [-0.25, -0.2) is 9.97 Å². The molecule has 0 spiro atoms. The lowest BCUT2D eigenvalue weighted by Gasteiger charge is -2.28. The largest absolute Gasteiger partial charge is 0.396 e. The molecular weight excluding hydrogens is 338 g/mol. The molecule has 2 aromatic heterocycles. The summed E-state index contributed by atoms with van der Waals surface area (Å²) in [5, 5.41) is 22.0. The molecule has 2 aliphatic rings. The number of aliphatic hydroxyl groups is 1. The van der Waals surface area contributed by atoms with E-state index < -0.39 is 0 Å². The van der Waals surface area contributed by atoms with Gasteiger partial charge in [-0.3, -0.25) is 4.79 Å². The summed E-state index contributed by atoms with van der Waals surface area (Å²) in [6, 6.07) is 4.19. The number of carbonyl (C=O) groups excluding carboxylic acids is 1. The Labute approximate surface area is 149 Å². The topological polar surface area (TPSA) is 102 Å². The average Bonchev–Trinajstić information content (AvgIpc) is 3.31. The van der Waals surface area contributed by atoms with Crippen LogP contribution in [-0.2, 0) is 4.79 Å². The molecule has 4 rings (SSSR count). The first-order valence-corrected chi connectivity index (χ1v) is 9.33. The minimum atomic E-state index is -0.118. The highest BCUT2D eigenvalue weighted by molar-refractivity contribution is 7.22. The average molecular weight is 357 g/mol. The van der Waals surface area contributed by atoms with E-state index >= 15 is 0 Å². The second kappa shape index (κ2) is 6.58. The van der Waals surface area contributed by atoms with Crippen LogP contribution >= 0.6 is 11.3 Å². The number of nitrogens with zero attached hydrogens (tertiary/aromatic N) is 4. The van der Waals surface area contributed by atoms with Gasteiger partial charge >= 0.3 is 0 Å². The van der Waals surface area contributed by atoms with E-state index in [1.807, 2.05) is 6.07 Å². The molecule has 3 unspecified atom stereocenters. The van der Waals surface area contributed by atoms with Gasteiger partial charge in [-0.15, -0.1) is 0 Å². The van der Waals surface area contributed by atoms with Gasteiger partial charge in [0, 0.05) is 31.8 Å². The first kappa shape index (κ1) is 16.2. The predicted molar refractivity (Wildman–Crippen MR) is 95.3 cm³/mol. The molecule has 0 bridgehead atoms. The molecule has 1 aliphatic heterocycles. The molecule has 2 fully saturated rings. The van der Waals surface area contributed by atoms with E-state index in [9.17, 15) is 4.79 Å². The van der Waals surface area contributed by atoms with Crippen molar-refractivity contribution in [3.05, 3.63) is 12.3 Å². The number of amides is 1. The molecular formula is C17H19N5O2S. The molecule has 1 saturated heterocycles. The fourth-order valence-corrected chi connectivity index (χ4v) is 4.34. The molecule has 1 amide bonds. The highest BCUT2D eigenvalue weighted by Crippen LogP contribution is 2.40. The van der Waals surface area contributed by atoms with Crippen molar-refractivity contribution in [2.45, 2.75) is 19.3 Å². The molecule has 3 atom stereocenters. The van der Waals surface area contributed by atoms with Crippen LogP contribution < -0.4 is 10.2 Å².